The van der Waals surface area contributed by atoms with Gasteiger partial charge in [0.25, 0.3) is 11.8 Å². The number of nitrogens with one attached hydrogen (secondary N) is 2. The van der Waals surface area contributed by atoms with E-state index in [2.05, 4.69) is 20.8 Å². The molecule has 0 spiro atoms. The van der Waals surface area contributed by atoms with Crippen LogP contribution in [0.5, 0.6) is 0 Å². The second-order valence-corrected chi connectivity index (χ2v) is 7.51. The number of carbonyl (C=O) groups excluding carboxylic acids is 2. The first-order valence-electron chi connectivity index (χ1n) is 8.84. The molecule has 3 aromatic rings. The van der Waals surface area contributed by atoms with Gasteiger partial charge in [0.05, 0.1) is 0 Å². The Hall–Kier alpha value is -3.48. The Balaban J connectivity index is 1.75. The van der Waals surface area contributed by atoms with Gasteiger partial charge in [-0.25, -0.2) is 0 Å². The zero-order valence-electron chi connectivity index (χ0n) is 16.2. The minimum absolute atomic E-state index is 0.178. The maximum absolute atomic E-state index is 12.6. The molecule has 0 aliphatic heterocycles. The van der Waals surface area contributed by atoms with Crippen LogP contribution in [0, 0.1) is 6.92 Å². The highest BCUT2D eigenvalue weighted by Crippen LogP contribution is 2.24. The van der Waals surface area contributed by atoms with Crippen LogP contribution in [0.15, 0.2) is 53.3 Å². The summed E-state index contributed by atoms with van der Waals surface area (Å²) in [6.07, 6.45) is 1.25. The molecule has 0 saturated carbocycles. The topological polar surface area (TPSA) is 97.1 Å². The monoisotopic (exact) mass is 378 g/mol. The average Bonchev–Trinajstić information content (AvgIpc) is 3.17. The van der Waals surface area contributed by atoms with Gasteiger partial charge >= 0.3 is 0 Å². The Labute approximate surface area is 163 Å². The van der Waals surface area contributed by atoms with Gasteiger partial charge in [-0.1, -0.05) is 6.07 Å². The van der Waals surface area contributed by atoms with E-state index >= 15 is 0 Å². The first kappa shape index (κ1) is 19.3. The summed E-state index contributed by atoms with van der Waals surface area (Å²) in [5.74, 6) is -0.0687. The van der Waals surface area contributed by atoms with Crippen LogP contribution in [-0.2, 0) is 0 Å². The van der Waals surface area contributed by atoms with Crippen molar-refractivity contribution in [1.82, 2.24) is 15.5 Å². The van der Waals surface area contributed by atoms with Crippen molar-refractivity contribution in [2.24, 2.45) is 0 Å². The zero-order valence-corrected chi connectivity index (χ0v) is 16.2. The minimum Gasteiger partial charge on any atom is -0.423 e. The van der Waals surface area contributed by atoms with Crippen molar-refractivity contribution in [3.8, 4) is 11.5 Å². The number of anilines is 1. The van der Waals surface area contributed by atoms with Gasteiger partial charge in [-0.3, -0.25) is 9.59 Å². The molecular weight excluding hydrogens is 356 g/mol. The van der Waals surface area contributed by atoms with Gasteiger partial charge < -0.3 is 15.1 Å². The van der Waals surface area contributed by atoms with Gasteiger partial charge in [0, 0.05) is 27.9 Å². The fraction of sp³-hybridized carbons (Fsp3) is 0.238. The summed E-state index contributed by atoms with van der Waals surface area (Å²) in [5.41, 5.74) is 2.89. The van der Waals surface area contributed by atoms with E-state index in [1.807, 2.05) is 39.8 Å². The lowest BCUT2D eigenvalue weighted by atomic mass is 10.1. The Morgan fingerprint density at radius 1 is 0.964 bits per heavy atom. The van der Waals surface area contributed by atoms with E-state index in [4.69, 9.17) is 4.42 Å². The number of benzene rings is 2. The number of hydrogen-bond donors (Lipinski definition) is 2. The van der Waals surface area contributed by atoms with Crippen LogP contribution < -0.4 is 10.6 Å². The fourth-order valence-corrected chi connectivity index (χ4v) is 2.57. The van der Waals surface area contributed by atoms with Gasteiger partial charge in [0.2, 0.25) is 12.3 Å². The summed E-state index contributed by atoms with van der Waals surface area (Å²) < 4.78 is 5.20. The molecule has 28 heavy (non-hydrogen) atoms. The Kier molecular flexibility index (Phi) is 5.26. The molecule has 7 nitrogen and oxygen atoms in total. The maximum atomic E-state index is 12.6. The molecule has 0 bridgehead atoms. The third-order valence-corrected chi connectivity index (χ3v) is 3.99. The summed E-state index contributed by atoms with van der Waals surface area (Å²) in [5, 5.41) is 13.3. The predicted molar refractivity (Wildman–Crippen MR) is 106 cm³/mol. The molecule has 2 aromatic carbocycles. The van der Waals surface area contributed by atoms with Crippen molar-refractivity contribution in [2.75, 3.05) is 5.32 Å². The molecule has 0 unspecified atom stereocenters. The second-order valence-electron chi connectivity index (χ2n) is 7.51. The van der Waals surface area contributed by atoms with E-state index in [1.54, 1.807) is 30.3 Å². The minimum atomic E-state index is -0.325. The predicted octanol–water partition coefficient (Wildman–Crippen LogP) is 3.83. The summed E-state index contributed by atoms with van der Waals surface area (Å²) in [6.45, 7) is 7.64. The maximum Gasteiger partial charge on any atom is 0.255 e. The quantitative estimate of drug-likeness (QED) is 0.719. The Bertz CT molecular complexity index is 987. The molecule has 0 fully saturated rings. The van der Waals surface area contributed by atoms with E-state index < -0.39 is 0 Å². The highest BCUT2D eigenvalue weighted by Gasteiger charge is 2.16. The van der Waals surface area contributed by atoms with Crippen molar-refractivity contribution in [2.45, 2.75) is 33.2 Å². The van der Waals surface area contributed by atoms with Crippen molar-refractivity contribution in [3.05, 3.63) is 65.5 Å². The molecule has 0 saturated heterocycles. The molecule has 3 rings (SSSR count). The van der Waals surface area contributed by atoms with Crippen LogP contribution in [0.2, 0.25) is 0 Å². The number of carbonyl (C=O) groups is 2. The first-order valence-corrected chi connectivity index (χ1v) is 8.84. The molecule has 0 radical (unpaired) electrons. The molecule has 1 aromatic heterocycles. The normalized spacial score (nSPS) is 11.1. The van der Waals surface area contributed by atoms with Gasteiger partial charge in [-0.05, 0) is 69.7 Å². The summed E-state index contributed by atoms with van der Waals surface area (Å²) in [4.78, 5) is 24.8. The van der Waals surface area contributed by atoms with Crippen LogP contribution >= 0.6 is 0 Å². The van der Waals surface area contributed by atoms with Crippen molar-refractivity contribution < 1.29 is 14.0 Å². The molecule has 144 valence electrons. The van der Waals surface area contributed by atoms with Gasteiger partial charge in [0.1, 0.15) is 0 Å². The highest BCUT2D eigenvalue weighted by atomic mass is 16.4. The Morgan fingerprint density at radius 2 is 1.61 bits per heavy atom. The van der Waals surface area contributed by atoms with Crippen molar-refractivity contribution in [1.29, 1.82) is 0 Å². The molecule has 0 aliphatic rings. The second kappa shape index (κ2) is 7.64. The van der Waals surface area contributed by atoms with Gasteiger partial charge in [-0.2, -0.15) is 0 Å². The van der Waals surface area contributed by atoms with E-state index in [-0.39, 0.29) is 17.4 Å². The molecule has 0 aliphatic carbocycles. The first-order chi connectivity index (χ1) is 13.2. The number of nitrogens with zero attached hydrogens (tertiary/aromatic N) is 2. The van der Waals surface area contributed by atoms with Crippen molar-refractivity contribution >= 4 is 17.5 Å². The Morgan fingerprint density at radius 3 is 2.18 bits per heavy atom. The van der Waals surface area contributed by atoms with Gasteiger partial charge in [0.15, 0.2) is 0 Å². The fourth-order valence-electron chi connectivity index (χ4n) is 2.57. The standard InChI is InChI=1S/C21H22N4O3/c1-13-5-6-16(20-25-22-12-28-20)11-17(13)23-18(26)14-7-9-15(10-8-14)19(27)24-21(2,3)4/h5-12H,1-4H3,(H,23,26)(H,24,27). The zero-order chi connectivity index (χ0) is 20.3. The van der Waals surface area contributed by atoms with Crippen LogP contribution in [0.25, 0.3) is 11.5 Å². The number of amides is 2. The molecule has 0 atom stereocenters. The summed E-state index contributed by atoms with van der Waals surface area (Å²) in [6, 6.07) is 12.0. The molecule has 7 heteroatoms. The van der Waals surface area contributed by atoms with Gasteiger partial charge in [-0.15, -0.1) is 10.2 Å². The smallest absolute Gasteiger partial charge is 0.255 e. The van der Waals surface area contributed by atoms with E-state index in [1.165, 1.54) is 6.39 Å². The number of aryl methyl sites for hydroxylation is 1. The van der Waals surface area contributed by atoms with Crippen LogP contribution in [0.3, 0.4) is 0 Å². The number of aromatic nitrogens is 2. The number of rotatable bonds is 4. The highest BCUT2D eigenvalue weighted by molar-refractivity contribution is 6.05. The summed E-state index contributed by atoms with van der Waals surface area (Å²) >= 11 is 0. The SMILES string of the molecule is Cc1ccc(-c2nnco2)cc1NC(=O)c1ccc(C(=O)NC(C)(C)C)cc1. The molecule has 1 heterocycles. The number of hydrogen-bond acceptors (Lipinski definition) is 5. The lowest BCUT2D eigenvalue weighted by Crippen LogP contribution is -2.40. The lowest BCUT2D eigenvalue weighted by molar-refractivity contribution is 0.0918. The molecule has 2 amide bonds. The largest absolute Gasteiger partial charge is 0.423 e. The van der Waals surface area contributed by atoms with Crippen LogP contribution in [0.1, 0.15) is 47.1 Å². The van der Waals surface area contributed by atoms with E-state index in [0.717, 1.165) is 5.56 Å². The average molecular weight is 378 g/mol. The molecule has 2 N–H and O–H groups in total. The third kappa shape index (κ3) is 4.62. The van der Waals surface area contributed by atoms with Crippen molar-refractivity contribution in [3.63, 3.8) is 0 Å². The summed E-state index contributed by atoms with van der Waals surface area (Å²) in [7, 11) is 0. The van der Waals surface area contributed by atoms with Crippen LogP contribution in [-0.4, -0.2) is 27.6 Å². The third-order valence-electron chi connectivity index (χ3n) is 3.99. The van der Waals surface area contributed by atoms with E-state index in [9.17, 15) is 9.59 Å². The van der Waals surface area contributed by atoms with Crippen LogP contribution in [0.4, 0.5) is 5.69 Å². The lowest BCUT2D eigenvalue weighted by Gasteiger charge is -2.20. The van der Waals surface area contributed by atoms with E-state index in [0.29, 0.717) is 28.3 Å². The molecular formula is C21H22N4O3.